The van der Waals surface area contributed by atoms with Gasteiger partial charge in [-0.25, -0.2) is 9.97 Å². The van der Waals surface area contributed by atoms with Crippen LogP contribution >= 0.6 is 22.6 Å². The number of aromatic nitrogens is 2. The lowest BCUT2D eigenvalue weighted by atomic mass is 10.1. The molecule has 0 aliphatic heterocycles. The lowest BCUT2D eigenvalue weighted by molar-refractivity contribution is 0.626. The maximum atomic E-state index is 4.65. The molecule has 0 radical (unpaired) electrons. The second-order valence-corrected chi connectivity index (χ2v) is 5.43. The summed E-state index contributed by atoms with van der Waals surface area (Å²) in [5.74, 6) is 2.56. The first kappa shape index (κ1) is 13.7. The summed E-state index contributed by atoms with van der Waals surface area (Å²) in [6.45, 7) is 6.59. The SMILES string of the molecule is CCCc1nc(CC(C)C)c(I)c(NC)n1. The Hall–Kier alpha value is -0.390. The molecule has 0 bridgehead atoms. The van der Waals surface area contributed by atoms with Crippen LogP contribution in [0.5, 0.6) is 0 Å². The molecule has 3 nitrogen and oxygen atoms in total. The summed E-state index contributed by atoms with van der Waals surface area (Å²) in [7, 11) is 1.92. The number of hydrogen-bond acceptors (Lipinski definition) is 3. The zero-order valence-corrected chi connectivity index (χ0v) is 12.6. The fraction of sp³-hybridized carbons (Fsp3) is 0.667. The van der Waals surface area contributed by atoms with Gasteiger partial charge in [0.15, 0.2) is 0 Å². The van der Waals surface area contributed by atoms with E-state index in [-0.39, 0.29) is 0 Å². The molecule has 0 saturated heterocycles. The minimum atomic E-state index is 0.627. The molecule has 0 unspecified atom stereocenters. The maximum Gasteiger partial charge on any atom is 0.143 e. The molecule has 1 aromatic heterocycles. The predicted octanol–water partition coefficient (Wildman–Crippen LogP) is 3.27. The minimum Gasteiger partial charge on any atom is -0.372 e. The molecular weight excluding hydrogens is 313 g/mol. The first-order valence-electron chi connectivity index (χ1n) is 5.81. The van der Waals surface area contributed by atoms with Gasteiger partial charge in [-0.05, 0) is 41.4 Å². The lowest BCUT2D eigenvalue weighted by Gasteiger charge is -2.12. The third kappa shape index (κ3) is 3.57. The smallest absolute Gasteiger partial charge is 0.143 e. The molecule has 0 fully saturated rings. The van der Waals surface area contributed by atoms with Gasteiger partial charge in [0.2, 0.25) is 0 Å². The lowest BCUT2D eigenvalue weighted by Crippen LogP contribution is -2.09. The van der Waals surface area contributed by atoms with Crippen LogP contribution in [0.25, 0.3) is 0 Å². The van der Waals surface area contributed by atoms with E-state index in [9.17, 15) is 0 Å². The van der Waals surface area contributed by atoms with Crippen LogP contribution in [-0.4, -0.2) is 17.0 Å². The van der Waals surface area contributed by atoms with Crippen molar-refractivity contribution in [1.82, 2.24) is 9.97 Å². The molecule has 0 saturated carbocycles. The van der Waals surface area contributed by atoms with Crippen molar-refractivity contribution < 1.29 is 0 Å². The highest BCUT2D eigenvalue weighted by molar-refractivity contribution is 14.1. The van der Waals surface area contributed by atoms with Gasteiger partial charge in [0.25, 0.3) is 0 Å². The van der Waals surface area contributed by atoms with Crippen LogP contribution in [0.15, 0.2) is 0 Å². The van der Waals surface area contributed by atoms with E-state index < -0.39 is 0 Å². The summed E-state index contributed by atoms with van der Waals surface area (Å²) in [6, 6.07) is 0. The summed E-state index contributed by atoms with van der Waals surface area (Å²) < 4.78 is 1.16. The number of nitrogens with zero attached hydrogens (tertiary/aromatic N) is 2. The van der Waals surface area contributed by atoms with Gasteiger partial charge in [0.1, 0.15) is 11.6 Å². The Morgan fingerprint density at radius 2 is 2.00 bits per heavy atom. The molecule has 1 heterocycles. The Morgan fingerprint density at radius 3 is 2.50 bits per heavy atom. The Labute approximate surface area is 112 Å². The molecule has 4 heteroatoms. The highest BCUT2D eigenvalue weighted by Crippen LogP contribution is 2.21. The van der Waals surface area contributed by atoms with Crippen molar-refractivity contribution in [3.05, 3.63) is 15.1 Å². The Balaban J connectivity index is 3.08. The molecular formula is C12H20IN3. The van der Waals surface area contributed by atoms with Crippen LogP contribution in [0.4, 0.5) is 5.82 Å². The quantitative estimate of drug-likeness (QED) is 0.841. The molecule has 0 spiro atoms. The van der Waals surface area contributed by atoms with Crippen molar-refractivity contribution in [1.29, 1.82) is 0 Å². The highest BCUT2D eigenvalue weighted by Gasteiger charge is 2.12. The van der Waals surface area contributed by atoms with Crippen LogP contribution in [-0.2, 0) is 12.8 Å². The monoisotopic (exact) mass is 333 g/mol. The van der Waals surface area contributed by atoms with E-state index >= 15 is 0 Å². The van der Waals surface area contributed by atoms with Gasteiger partial charge in [-0.2, -0.15) is 0 Å². The standard InChI is InChI=1S/C12H20IN3/c1-5-6-10-15-9(7-8(2)3)11(13)12(14-4)16-10/h8H,5-7H2,1-4H3,(H,14,15,16). The van der Waals surface area contributed by atoms with Crippen molar-refractivity contribution in [3.8, 4) is 0 Å². The van der Waals surface area contributed by atoms with Crippen molar-refractivity contribution in [2.45, 2.75) is 40.0 Å². The Bertz CT molecular complexity index is 350. The van der Waals surface area contributed by atoms with E-state index in [1.807, 2.05) is 7.05 Å². The summed E-state index contributed by atoms with van der Waals surface area (Å²) in [6.07, 6.45) is 3.06. The summed E-state index contributed by atoms with van der Waals surface area (Å²) in [5.41, 5.74) is 1.18. The average Bonchev–Trinajstić information content (AvgIpc) is 2.22. The largest absolute Gasteiger partial charge is 0.372 e. The van der Waals surface area contributed by atoms with Gasteiger partial charge >= 0.3 is 0 Å². The molecule has 1 N–H and O–H groups in total. The van der Waals surface area contributed by atoms with Crippen molar-refractivity contribution in [2.75, 3.05) is 12.4 Å². The van der Waals surface area contributed by atoms with E-state index in [0.29, 0.717) is 5.92 Å². The topological polar surface area (TPSA) is 37.8 Å². The number of anilines is 1. The molecule has 0 amide bonds. The van der Waals surface area contributed by atoms with Gasteiger partial charge < -0.3 is 5.32 Å². The van der Waals surface area contributed by atoms with Gasteiger partial charge in [-0.1, -0.05) is 20.8 Å². The number of hydrogen-bond donors (Lipinski definition) is 1. The van der Waals surface area contributed by atoms with Crippen molar-refractivity contribution >= 4 is 28.4 Å². The first-order chi connectivity index (χ1) is 7.58. The molecule has 0 aromatic carbocycles. The molecule has 1 rings (SSSR count). The normalized spacial score (nSPS) is 10.9. The number of nitrogens with one attached hydrogen (secondary N) is 1. The predicted molar refractivity (Wildman–Crippen MR) is 76.8 cm³/mol. The second-order valence-electron chi connectivity index (χ2n) is 4.35. The van der Waals surface area contributed by atoms with Crippen LogP contribution in [0.3, 0.4) is 0 Å². The van der Waals surface area contributed by atoms with E-state index in [1.165, 1.54) is 5.69 Å². The number of aryl methyl sites for hydroxylation is 1. The second kappa shape index (κ2) is 6.37. The van der Waals surface area contributed by atoms with E-state index in [0.717, 1.165) is 34.5 Å². The fourth-order valence-corrected chi connectivity index (χ4v) is 2.30. The van der Waals surface area contributed by atoms with Crippen LogP contribution in [0, 0.1) is 9.49 Å². The Morgan fingerprint density at radius 1 is 1.31 bits per heavy atom. The van der Waals surface area contributed by atoms with E-state index in [2.05, 4.69) is 58.6 Å². The maximum absolute atomic E-state index is 4.65. The number of rotatable bonds is 5. The zero-order valence-electron chi connectivity index (χ0n) is 10.5. The number of halogens is 1. The first-order valence-corrected chi connectivity index (χ1v) is 6.89. The van der Waals surface area contributed by atoms with Gasteiger partial charge in [0.05, 0.1) is 9.26 Å². The Kier molecular flexibility index (Phi) is 5.44. The van der Waals surface area contributed by atoms with Gasteiger partial charge in [0, 0.05) is 13.5 Å². The van der Waals surface area contributed by atoms with Gasteiger partial charge in [-0.15, -0.1) is 0 Å². The summed E-state index contributed by atoms with van der Waals surface area (Å²) in [4.78, 5) is 9.17. The van der Waals surface area contributed by atoms with Gasteiger partial charge in [-0.3, -0.25) is 0 Å². The fourth-order valence-electron chi connectivity index (χ4n) is 1.57. The molecule has 0 atom stereocenters. The highest BCUT2D eigenvalue weighted by atomic mass is 127. The van der Waals surface area contributed by atoms with Crippen LogP contribution in [0.1, 0.15) is 38.7 Å². The van der Waals surface area contributed by atoms with Crippen LogP contribution in [0.2, 0.25) is 0 Å². The molecule has 90 valence electrons. The molecule has 0 aliphatic rings. The molecule has 0 aliphatic carbocycles. The zero-order chi connectivity index (χ0) is 12.1. The molecule has 16 heavy (non-hydrogen) atoms. The summed E-state index contributed by atoms with van der Waals surface area (Å²) in [5, 5.41) is 3.15. The van der Waals surface area contributed by atoms with E-state index in [4.69, 9.17) is 0 Å². The third-order valence-corrected chi connectivity index (χ3v) is 3.41. The van der Waals surface area contributed by atoms with Crippen LogP contribution < -0.4 is 5.32 Å². The van der Waals surface area contributed by atoms with Crippen molar-refractivity contribution in [2.24, 2.45) is 5.92 Å². The minimum absolute atomic E-state index is 0.627. The summed E-state index contributed by atoms with van der Waals surface area (Å²) >= 11 is 2.33. The van der Waals surface area contributed by atoms with Crippen molar-refractivity contribution in [3.63, 3.8) is 0 Å². The third-order valence-electron chi connectivity index (χ3n) is 2.28. The van der Waals surface area contributed by atoms with E-state index in [1.54, 1.807) is 0 Å². The average molecular weight is 333 g/mol. The molecule has 1 aromatic rings.